The number of nitrogens with one attached hydrogen (secondary N) is 1. The molecule has 6 nitrogen and oxygen atoms in total. The summed E-state index contributed by atoms with van der Waals surface area (Å²) in [4.78, 5) is 24.4. The summed E-state index contributed by atoms with van der Waals surface area (Å²) in [6.07, 6.45) is 5.02. The highest BCUT2D eigenvalue weighted by Gasteiger charge is 2.23. The topological polar surface area (TPSA) is 86.7 Å². The number of hydrogen-bond donors (Lipinski definition) is 2. The van der Waals surface area contributed by atoms with Gasteiger partial charge < -0.3 is 15.3 Å². The number of carbonyl (C=O) groups excluding carboxylic acids is 1. The molecule has 1 aliphatic heterocycles. The lowest BCUT2D eigenvalue weighted by molar-refractivity contribution is -0.137. The molecular weight excluding hydrogens is 292 g/mol. The van der Waals surface area contributed by atoms with Crippen LogP contribution in [0.4, 0.5) is 4.79 Å². The third kappa shape index (κ3) is 7.45. The van der Waals surface area contributed by atoms with E-state index in [0.717, 1.165) is 12.8 Å². The number of likely N-dealkylation sites (tertiary alicyclic amines) is 1. The molecule has 0 saturated carbocycles. The third-order valence-electron chi connectivity index (χ3n) is 3.88. The fourth-order valence-electron chi connectivity index (χ4n) is 2.47. The number of urea groups is 1. The van der Waals surface area contributed by atoms with Gasteiger partial charge in [-0.3, -0.25) is 9.00 Å². The molecule has 0 bridgehead atoms. The van der Waals surface area contributed by atoms with Crippen LogP contribution in [0.25, 0.3) is 0 Å². The summed E-state index contributed by atoms with van der Waals surface area (Å²) in [7, 11) is -0.830. The molecule has 2 atom stereocenters. The molecule has 2 N–H and O–H groups in total. The van der Waals surface area contributed by atoms with Crippen molar-refractivity contribution in [1.29, 1.82) is 0 Å². The highest BCUT2D eigenvalue weighted by Crippen LogP contribution is 2.21. The lowest BCUT2D eigenvalue weighted by Crippen LogP contribution is -2.47. The van der Waals surface area contributed by atoms with Crippen molar-refractivity contribution < 1.29 is 18.9 Å². The predicted molar refractivity (Wildman–Crippen MR) is 82.7 cm³/mol. The van der Waals surface area contributed by atoms with Gasteiger partial charge in [0.25, 0.3) is 0 Å². The van der Waals surface area contributed by atoms with Gasteiger partial charge in [0.1, 0.15) is 0 Å². The fourth-order valence-corrected chi connectivity index (χ4v) is 3.15. The van der Waals surface area contributed by atoms with E-state index in [-0.39, 0.29) is 18.5 Å². The largest absolute Gasteiger partial charge is 0.481 e. The van der Waals surface area contributed by atoms with Crippen molar-refractivity contribution in [3.05, 3.63) is 0 Å². The summed E-state index contributed by atoms with van der Waals surface area (Å²) in [6.45, 7) is 3.29. The number of carboxylic acid groups (broad SMARTS) is 1. The quantitative estimate of drug-likeness (QED) is 0.743. The first-order valence-corrected chi connectivity index (χ1v) is 9.18. The van der Waals surface area contributed by atoms with Crippen LogP contribution in [-0.4, -0.2) is 57.4 Å². The summed E-state index contributed by atoms with van der Waals surface area (Å²) in [5.41, 5.74) is 0. The third-order valence-corrected chi connectivity index (χ3v) is 4.69. The van der Waals surface area contributed by atoms with Gasteiger partial charge in [0.2, 0.25) is 0 Å². The molecule has 1 saturated heterocycles. The van der Waals surface area contributed by atoms with Crippen molar-refractivity contribution in [3.8, 4) is 0 Å². The van der Waals surface area contributed by atoms with E-state index in [0.29, 0.717) is 37.6 Å². The average molecular weight is 318 g/mol. The first-order valence-electron chi connectivity index (χ1n) is 7.45. The maximum absolute atomic E-state index is 12.1. The molecule has 1 rings (SSSR count). The van der Waals surface area contributed by atoms with Crippen molar-refractivity contribution in [2.24, 2.45) is 5.92 Å². The molecule has 0 aliphatic carbocycles. The molecule has 1 aliphatic rings. The Labute approximate surface area is 128 Å². The molecular formula is C14H26N2O4S. The lowest BCUT2D eigenvalue weighted by atomic mass is 9.92. The molecule has 0 radical (unpaired) electrons. The number of rotatable bonds is 7. The van der Waals surface area contributed by atoms with Crippen LogP contribution in [-0.2, 0) is 15.6 Å². The van der Waals surface area contributed by atoms with Crippen molar-refractivity contribution in [2.75, 3.05) is 25.1 Å². The number of amides is 2. The Kier molecular flexibility index (Phi) is 7.71. The monoisotopic (exact) mass is 318 g/mol. The Morgan fingerprint density at radius 1 is 1.38 bits per heavy atom. The Bertz CT molecular complexity index is 381. The molecule has 1 heterocycles. The second-order valence-corrected chi connectivity index (χ2v) is 7.33. The van der Waals surface area contributed by atoms with E-state index in [1.54, 1.807) is 11.2 Å². The number of carboxylic acids is 1. The van der Waals surface area contributed by atoms with Crippen LogP contribution in [0.5, 0.6) is 0 Å². The fraction of sp³-hybridized carbons (Fsp3) is 0.857. The predicted octanol–water partition coefficient (Wildman–Crippen LogP) is 1.43. The average Bonchev–Trinajstić information content (AvgIpc) is 2.43. The van der Waals surface area contributed by atoms with Crippen LogP contribution in [0, 0.1) is 5.92 Å². The first-order chi connectivity index (χ1) is 9.88. The van der Waals surface area contributed by atoms with Gasteiger partial charge in [0.05, 0.1) is 0 Å². The zero-order chi connectivity index (χ0) is 15.8. The first kappa shape index (κ1) is 17.9. The Morgan fingerprint density at radius 2 is 2.00 bits per heavy atom. The van der Waals surface area contributed by atoms with Crippen molar-refractivity contribution >= 4 is 22.8 Å². The van der Waals surface area contributed by atoms with E-state index in [9.17, 15) is 13.8 Å². The minimum Gasteiger partial charge on any atom is -0.481 e. The van der Waals surface area contributed by atoms with E-state index in [1.807, 2.05) is 6.92 Å². The van der Waals surface area contributed by atoms with Crippen LogP contribution in [0.1, 0.15) is 39.0 Å². The molecule has 7 heteroatoms. The molecule has 2 unspecified atom stereocenters. The van der Waals surface area contributed by atoms with Gasteiger partial charge in [-0.25, -0.2) is 4.79 Å². The standard InChI is InChI=1S/C14H26N2O4S/c1-11(7-10-21(2)20)15-14(19)16-8-5-12(6-9-16)3-4-13(17)18/h11-12H,3-10H2,1-2H3,(H,15,19)(H,17,18). The summed E-state index contributed by atoms with van der Waals surface area (Å²) in [5.74, 6) is 0.251. The summed E-state index contributed by atoms with van der Waals surface area (Å²) in [6, 6.07) is -0.0489. The summed E-state index contributed by atoms with van der Waals surface area (Å²) < 4.78 is 11.0. The molecule has 0 aromatic rings. The Balaban J connectivity index is 2.25. The number of nitrogens with zero attached hydrogens (tertiary/aromatic N) is 1. The van der Waals surface area contributed by atoms with E-state index in [2.05, 4.69) is 5.32 Å². The maximum Gasteiger partial charge on any atom is 0.317 e. The van der Waals surface area contributed by atoms with Crippen molar-refractivity contribution in [3.63, 3.8) is 0 Å². The summed E-state index contributed by atoms with van der Waals surface area (Å²) in [5, 5.41) is 11.6. The molecule has 1 fully saturated rings. The van der Waals surface area contributed by atoms with E-state index in [1.165, 1.54) is 0 Å². The maximum atomic E-state index is 12.1. The second kappa shape index (κ2) is 9.02. The molecule has 0 aromatic heterocycles. The van der Waals surface area contributed by atoms with E-state index < -0.39 is 16.8 Å². The SMILES string of the molecule is CC(CCS(C)=O)NC(=O)N1CCC(CCC(=O)O)CC1. The van der Waals surface area contributed by atoms with Gasteiger partial charge in [0, 0.05) is 48.4 Å². The van der Waals surface area contributed by atoms with Crippen LogP contribution in [0.2, 0.25) is 0 Å². The van der Waals surface area contributed by atoms with Crippen LogP contribution >= 0.6 is 0 Å². The van der Waals surface area contributed by atoms with Crippen molar-refractivity contribution in [1.82, 2.24) is 10.2 Å². The van der Waals surface area contributed by atoms with Crippen molar-refractivity contribution in [2.45, 2.75) is 45.1 Å². The smallest absolute Gasteiger partial charge is 0.317 e. The molecule has 2 amide bonds. The number of carbonyl (C=O) groups is 2. The van der Waals surface area contributed by atoms with Gasteiger partial charge >= 0.3 is 12.0 Å². The van der Waals surface area contributed by atoms with Gasteiger partial charge in [-0.15, -0.1) is 0 Å². The molecule has 0 spiro atoms. The van der Waals surface area contributed by atoms with Crippen LogP contribution in [0.15, 0.2) is 0 Å². The van der Waals surface area contributed by atoms with Crippen LogP contribution in [0.3, 0.4) is 0 Å². The molecule has 122 valence electrons. The Hall–Kier alpha value is -1.11. The molecule has 0 aromatic carbocycles. The van der Waals surface area contributed by atoms with E-state index >= 15 is 0 Å². The number of aliphatic carboxylic acids is 1. The normalized spacial score (nSPS) is 19.0. The zero-order valence-corrected chi connectivity index (χ0v) is 13.7. The number of hydrogen-bond acceptors (Lipinski definition) is 3. The van der Waals surface area contributed by atoms with Crippen LogP contribution < -0.4 is 5.32 Å². The zero-order valence-electron chi connectivity index (χ0n) is 12.8. The van der Waals surface area contributed by atoms with Gasteiger partial charge in [-0.1, -0.05) is 0 Å². The van der Waals surface area contributed by atoms with Gasteiger partial charge in [0.15, 0.2) is 0 Å². The molecule has 21 heavy (non-hydrogen) atoms. The highest BCUT2D eigenvalue weighted by atomic mass is 32.2. The minimum atomic E-state index is -0.830. The Morgan fingerprint density at radius 3 is 2.52 bits per heavy atom. The highest BCUT2D eigenvalue weighted by molar-refractivity contribution is 7.84. The minimum absolute atomic E-state index is 0.0196. The second-order valence-electron chi connectivity index (χ2n) is 5.78. The van der Waals surface area contributed by atoms with E-state index in [4.69, 9.17) is 5.11 Å². The van der Waals surface area contributed by atoms with Gasteiger partial charge in [-0.05, 0) is 38.5 Å². The summed E-state index contributed by atoms with van der Waals surface area (Å²) >= 11 is 0. The van der Waals surface area contributed by atoms with Gasteiger partial charge in [-0.2, -0.15) is 0 Å². The lowest BCUT2D eigenvalue weighted by Gasteiger charge is -2.32. The number of piperidine rings is 1.